The SMILES string of the molecule is CCOC(=O)C1CCC(=O)[N+](CCc2c[nH]c3ccccc23)=C1C.O=C([O-])C(F)(F)F. The number of carboxylic acids is 1. The average Bonchev–Trinajstić information content (AvgIpc) is 3.11. The number of benzene rings is 1. The predicted octanol–water partition coefficient (Wildman–Crippen LogP) is 1.98. The van der Waals surface area contributed by atoms with Gasteiger partial charge in [0.2, 0.25) is 0 Å². The standard InChI is InChI=1S/C19H23N2O3.C2HF3O2/c1-3-24-19(23)15-8-9-18(22)21(13(15)2)11-10-14-12-20-17-7-5-4-6-16(14)17;3-2(4,5)1(6)7/h4-7,12,15,20H,3,8-11H2,1-2H3;(H,6,7)/q+1;/p-1. The van der Waals surface area contributed by atoms with Gasteiger partial charge >= 0.3 is 18.1 Å². The van der Waals surface area contributed by atoms with Gasteiger partial charge in [-0.3, -0.25) is 4.79 Å². The van der Waals surface area contributed by atoms with E-state index in [1.807, 2.05) is 31.3 Å². The fourth-order valence-electron chi connectivity index (χ4n) is 3.40. The minimum Gasteiger partial charge on any atom is -0.542 e. The first-order valence-corrected chi connectivity index (χ1v) is 9.69. The van der Waals surface area contributed by atoms with Crippen molar-refractivity contribution in [3.63, 3.8) is 0 Å². The summed E-state index contributed by atoms with van der Waals surface area (Å²) >= 11 is 0. The number of nitrogens with zero attached hydrogens (tertiary/aromatic N) is 1. The molecular weight excluding hydrogens is 417 g/mol. The number of carbonyl (C=O) groups is 3. The molecule has 0 saturated heterocycles. The van der Waals surface area contributed by atoms with E-state index in [2.05, 4.69) is 11.1 Å². The highest BCUT2D eigenvalue weighted by Gasteiger charge is 2.38. The van der Waals surface area contributed by atoms with Crippen LogP contribution in [0.3, 0.4) is 0 Å². The van der Waals surface area contributed by atoms with E-state index in [-0.39, 0.29) is 17.8 Å². The second-order valence-electron chi connectivity index (χ2n) is 6.92. The van der Waals surface area contributed by atoms with Crippen LogP contribution in [0.25, 0.3) is 10.9 Å². The smallest absolute Gasteiger partial charge is 0.430 e. The summed E-state index contributed by atoms with van der Waals surface area (Å²) in [4.78, 5) is 36.4. The van der Waals surface area contributed by atoms with Crippen molar-refractivity contribution in [3.8, 4) is 0 Å². The van der Waals surface area contributed by atoms with Crippen LogP contribution in [0.15, 0.2) is 30.5 Å². The zero-order valence-electron chi connectivity index (χ0n) is 17.1. The van der Waals surface area contributed by atoms with Crippen LogP contribution in [0.5, 0.6) is 0 Å². The number of para-hydroxylation sites is 1. The molecule has 1 aliphatic rings. The summed E-state index contributed by atoms with van der Waals surface area (Å²) in [6.07, 6.45) is -1.50. The molecule has 2 aromatic rings. The third kappa shape index (κ3) is 6.16. The summed E-state index contributed by atoms with van der Waals surface area (Å²) in [6.45, 7) is 4.62. The Balaban J connectivity index is 0.000000423. The summed E-state index contributed by atoms with van der Waals surface area (Å²) in [5.74, 6) is -3.44. The molecule has 7 nitrogen and oxygen atoms in total. The normalized spacial score (nSPS) is 16.7. The molecule has 0 spiro atoms. The number of esters is 1. The number of alkyl halides is 3. The molecule has 0 bridgehead atoms. The predicted molar refractivity (Wildman–Crippen MR) is 103 cm³/mol. The van der Waals surface area contributed by atoms with E-state index in [1.165, 1.54) is 10.9 Å². The van der Waals surface area contributed by atoms with E-state index in [4.69, 9.17) is 14.6 Å². The van der Waals surface area contributed by atoms with Crippen molar-refractivity contribution in [2.45, 2.75) is 39.3 Å². The van der Waals surface area contributed by atoms with Crippen LogP contribution in [-0.2, 0) is 25.5 Å². The molecule has 0 saturated carbocycles. The third-order valence-electron chi connectivity index (χ3n) is 4.96. The minimum atomic E-state index is -5.19. The summed E-state index contributed by atoms with van der Waals surface area (Å²) in [7, 11) is 0. The Morgan fingerprint density at radius 3 is 2.55 bits per heavy atom. The number of aromatic nitrogens is 1. The maximum absolute atomic E-state index is 12.3. The van der Waals surface area contributed by atoms with E-state index in [0.29, 0.717) is 26.0 Å². The monoisotopic (exact) mass is 440 g/mol. The molecule has 1 aromatic carbocycles. The molecule has 168 valence electrons. The van der Waals surface area contributed by atoms with Gasteiger partial charge in [0.15, 0.2) is 12.3 Å². The van der Waals surface area contributed by atoms with Crippen LogP contribution in [0.4, 0.5) is 13.2 Å². The first-order chi connectivity index (χ1) is 14.6. The van der Waals surface area contributed by atoms with Crippen molar-refractivity contribution in [2.75, 3.05) is 13.2 Å². The molecule has 31 heavy (non-hydrogen) atoms. The number of aromatic amines is 1. The lowest BCUT2D eigenvalue weighted by molar-refractivity contribution is -0.454. The summed E-state index contributed by atoms with van der Waals surface area (Å²) in [6, 6.07) is 8.13. The van der Waals surface area contributed by atoms with Gasteiger partial charge in [-0.15, -0.1) is 0 Å². The Labute approximate surface area is 176 Å². The number of ether oxygens (including phenoxy) is 1. The summed E-state index contributed by atoms with van der Waals surface area (Å²) < 4.78 is 38.4. The molecule has 1 aromatic heterocycles. The number of carbonyl (C=O) groups excluding carboxylic acids is 3. The molecule has 1 amide bonds. The molecule has 10 heteroatoms. The maximum Gasteiger partial charge on any atom is 0.430 e. The van der Waals surface area contributed by atoms with E-state index in [9.17, 15) is 22.8 Å². The topological polar surface area (TPSA) is 102 Å². The number of rotatable bonds is 5. The fourth-order valence-corrected chi connectivity index (χ4v) is 3.40. The van der Waals surface area contributed by atoms with E-state index in [0.717, 1.165) is 17.6 Å². The Morgan fingerprint density at radius 1 is 1.29 bits per heavy atom. The van der Waals surface area contributed by atoms with E-state index >= 15 is 0 Å². The highest BCUT2D eigenvalue weighted by Crippen LogP contribution is 2.21. The van der Waals surface area contributed by atoms with Gasteiger partial charge in [-0.25, -0.2) is 4.79 Å². The van der Waals surface area contributed by atoms with Crippen molar-refractivity contribution >= 4 is 34.5 Å². The highest BCUT2D eigenvalue weighted by molar-refractivity contribution is 6.01. The molecule has 1 N–H and O–H groups in total. The third-order valence-corrected chi connectivity index (χ3v) is 4.96. The number of carboxylic acid groups (broad SMARTS) is 1. The molecule has 0 radical (unpaired) electrons. The van der Waals surface area contributed by atoms with Gasteiger partial charge in [-0.2, -0.15) is 17.7 Å². The van der Waals surface area contributed by atoms with Crippen molar-refractivity contribution in [2.24, 2.45) is 5.92 Å². The lowest BCUT2D eigenvalue weighted by atomic mass is 9.94. The van der Waals surface area contributed by atoms with Crippen LogP contribution < -0.4 is 5.11 Å². The number of amides is 1. The van der Waals surface area contributed by atoms with Gasteiger partial charge in [0.1, 0.15) is 11.9 Å². The maximum atomic E-state index is 12.3. The van der Waals surface area contributed by atoms with Crippen molar-refractivity contribution in [1.29, 1.82) is 0 Å². The lowest BCUT2D eigenvalue weighted by Crippen LogP contribution is -2.40. The summed E-state index contributed by atoms with van der Waals surface area (Å²) in [5, 5.41) is 9.97. The minimum absolute atomic E-state index is 0.0906. The van der Waals surface area contributed by atoms with Crippen molar-refractivity contribution in [1.82, 2.24) is 4.98 Å². The summed E-state index contributed by atoms with van der Waals surface area (Å²) in [5.41, 5.74) is 3.09. The first kappa shape index (κ1) is 24.1. The quantitative estimate of drug-likeness (QED) is 0.566. The number of hydrogen-bond donors (Lipinski definition) is 1. The van der Waals surface area contributed by atoms with Gasteiger partial charge in [0, 0.05) is 30.4 Å². The number of H-pyrrole nitrogens is 1. The van der Waals surface area contributed by atoms with Gasteiger partial charge < -0.3 is 19.6 Å². The molecule has 0 aliphatic carbocycles. The van der Waals surface area contributed by atoms with Gasteiger partial charge in [-0.1, -0.05) is 18.2 Å². The molecule has 1 aliphatic heterocycles. The number of fused-ring (bicyclic) bond motifs is 1. The van der Waals surface area contributed by atoms with Gasteiger partial charge in [0.05, 0.1) is 13.0 Å². The Bertz CT molecular complexity index is 994. The zero-order chi connectivity index (χ0) is 23.2. The van der Waals surface area contributed by atoms with E-state index < -0.39 is 12.1 Å². The molecule has 1 unspecified atom stereocenters. The Hall–Kier alpha value is -3.17. The molecule has 2 heterocycles. The number of halogens is 3. The van der Waals surface area contributed by atoms with E-state index in [1.54, 1.807) is 11.5 Å². The zero-order valence-corrected chi connectivity index (χ0v) is 17.1. The molecule has 0 fully saturated rings. The Morgan fingerprint density at radius 2 is 1.94 bits per heavy atom. The fraction of sp³-hybridized carbons (Fsp3) is 0.429. The van der Waals surface area contributed by atoms with Crippen molar-refractivity contribution in [3.05, 3.63) is 36.0 Å². The van der Waals surface area contributed by atoms with Crippen molar-refractivity contribution < 1.29 is 42.0 Å². The molecule has 3 rings (SSSR count). The van der Waals surface area contributed by atoms with Crippen LogP contribution >= 0.6 is 0 Å². The van der Waals surface area contributed by atoms with Gasteiger partial charge in [-0.05, 0) is 25.0 Å². The molecular formula is C21H23F3N2O5. The average molecular weight is 440 g/mol. The second kappa shape index (κ2) is 10.2. The lowest BCUT2D eigenvalue weighted by Gasteiger charge is -2.18. The van der Waals surface area contributed by atoms with Gasteiger partial charge in [0.25, 0.3) is 0 Å². The van der Waals surface area contributed by atoms with Crippen LogP contribution in [0.2, 0.25) is 0 Å². The number of hydrogen-bond acceptors (Lipinski definition) is 5. The second-order valence-corrected chi connectivity index (χ2v) is 6.92. The van der Waals surface area contributed by atoms with Crippen LogP contribution in [0.1, 0.15) is 32.3 Å². The van der Waals surface area contributed by atoms with Crippen LogP contribution in [0, 0.1) is 5.92 Å². The molecule has 1 atom stereocenters. The number of aliphatic carboxylic acids is 1. The number of nitrogens with one attached hydrogen (secondary N) is 1. The largest absolute Gasteiger partial charge is 0.542 e. The Kier molecular flexibility index (Phi) is 7.95. The highest BCUT2D eigenvalue weighted by atomic mass is 19.4. The first-order valence-electron chi connectivity index (χ1n) is 9.69. The van der Waals surface area contributed by atoms with Crippen LogP contribution in [-0.4, -0.2) is 52.4 Å².